The van der Waals surface area contributed by atoms with E-state index in [2.05, 4.69) is 20.3 Å². The first-order valence-corrected chi connectivity index (χ1v) is 9.78. The second kappa shape index (κ2) is 8.46. The van der Waals surface area contributed by atoms with Gasteiger partial charge >= 0.3 is 0 Å². The summed E-state index contributed by atoms with van der Waals surface area (Å²) in [4.78, 5) is 38.9. The van der Waals surface area contributed by atoms with E-state index in [1.165, 1.54) is 43.4 Å². The van der Waals surface area contributed by atoms with Crippen LogP contribution in [0.5, 0.6) is 5.75 Å². The van der Waals surface area contributed by atoms with Crippen molar-refractivity contribution in [1.29, 1.82) is 0 Å². The molecule has 8 nitrogen and oxygen atoms in total. The summed E-state index contributed by atoms with van der Waals surface area (Å²) in [6.07, 6.45) is 2.65. The summed E-state index contributed by atoms with van der Waals surface area (Å²) in [5, 5.41) is 2.86. The van der Waals surface area contributed by atoms with Crippen LogP contribution in [-0.2, 0) is 4.79 Å². The number of carbonyl (C=O) groups is 2. The van der Waals surface area contributed by atoms with Gasteiger partial charge < -0.3 is 10.1 Å². The Morgan fingerprint density at radius 2 is 2.06 bits per heavy atom. The maximum atomic E-state index is 14.3. The minimum atomic E-state index is -1.06. The number of nitrogens with zero attached hydrogens (tertiary/aromatic N) is 4. The summed E-state index contributed by atoms with van der Waals surface area (Å²) in [5.41, 5.74) is 0.465. The molecule has 1 aromatic carbocycles. The quantitative estimate of drug-likeness (QED) is 0.647. The largest absolute Gasteiger partial charge is 0.487 e. The summed E-state index contributed by atoms with van der Waals surface area (Å²) in [5.74, 6) is -2.50. The van der Waals surface area contributed by atoms with Gasteiger partial charge in [0.25, 0.3) is 11.8 Å². The van der Waals surface area contributed by atoms with Gasteiger partial charge in [-0.15, -0.1) is 0 Å². The molecule has 0 fully saturated rings. The van der Waals surface area contributed by atoms with Gasteiger partial charge in [0, 0.05) is 37.1 Å². The fourth-order valence-electron chi connectivity index (χ4n) is 3.31. The van der Waals surface area contributed by atoms with E-state index in [1.807, 2.05) is 0 Å². The lowest BCUT2D eigenvalue weighted by Crippen LogP contribution is -2.49. The van der Waals surface area contributed by atoms with Crippen LogP contribution in [0.3, 0.4) is 0 Å². The fraction of sp³-hybridized carbons (Fsp3) is 0.190. The lowest BCUT2D eigenvalue weighted by Gasteiger charge is -2.19. The highest BCUT2D eigenvalue weighted by Gasteiger charge is 2.32. The van der Waals surface area contributed by atoms with Crippen molar-refractivity contribution >= 4 is 29.2 Å². The molecule has 1 atom stereocenters. The molecular formula is C21H16ClF2N5O3. The Bertz CT molecular complexity index is 1220. The molecule has 0 saturated heterocycles. The number of halogens is 3. The van der Waals surface area contributed by atoms with Gasteiger partial charge in [-0.1, -0.05) is 11.6 Å². The molecule has 1 unspecified atom stereocenters. The molecule has 1 N–H and O–H groups in total. The Kier molecular flexibility index (Phi) is 5.70. The second-order valence-corrected chi connectivity index (χ2v) is 7.49. The number of pyridine rings is 1. The number of aromatic nitrogens is 3. The van der Waals surface area contributed by atoms with Crippen molar-refractivity contribution in [1.82, 2.24) is 20.3 Å². The third-order valence-electron chi connectivity index (χ3n) is 4.82. The van der Waals surface area contributed by atoms with E-state index < -0.39 is 29.5 Å². The summed E-state index contributed by atoms with van der Waals surface area (Å²) >= 11 is 5.93. The topological polar surface area (TPSA) is 97.3 Å². The lowest BCUT2D eigenvalue weighted by molar-refractivity contribution is -0.120. The summed E-state index contributed by atoms with van der Waals surface area (Å²) in [6, 6.07) is 3.76. The number of benzene rings is 1. The molecule has 3 aromatic rings. The van der Waals surface area contributed by atoms with Crippen molar-refractivity contribution < 1.29 is 23.1 Å². The summed E-state index contributed by atoms with van der Waals surface area (Å²) < 4.78 is 33.3. The number of hydrogen-bond donors (Lipinski definition) is 1. The fourth-order valence-corrected chi connectivity index (χ4v) is 3.46. The standard InChI is InChI=1S/C21H16ClF2N5O3/c1-10-5-12(23)7-13(24)17(10)14-3-4-25-18(27-14)20(30)28-15-9-32-16-6-11(22)8-26-19(16)29(2)21(15)31/h3-8,15H,9H2,1-2H3,(H,28,30). The van der Waals surface area contributed by atoms with Crippen molar-refractivity contribution in [2.75, 3.05) is 18.6 Å². The zero-order valence-electron chi connectivity index (χ0n) is 16.9. The van der Waals surface area contributed by atoms with Gasteiger partial charge in [0.05, 0.1) is 10.7 Å². The average molecular weight is 460 g/mol. The number of rotatable bonds is 3. The molecule has 0 aliphatic carbocycles. The molecule has 0 spiro atoms. The normalized spacial score (nSPS) is 15.6. The van der Waals surface area contributed by atoms with Gasteiger partial charge in [0.1, 0.15) is 24.3 Å². The Labute approximate surface area is 186 Å². The zero-order chi connectivity index (χ0) is 23.0. The van der Waals surface area contributed by atoms with Crippen LogP contribution in [0.25, 0.3) is 11.3 Å². The van der Waals surface area contributed by atoms with Crippen LogP contribution in [0.4, 0.5) is 14.6 Å². The van der Waals surface area contributed by atoms with Gasteiger partial charge in [0.15, 0.2) is 11.6 Å². The number of amides is 2. The molecule has 11 heteroatoms. The number of ether oxygens (including phenoxy) is 1. The number of anilines is 1. The van der Waals surface area contributed by atoms with E-state index in [0.29, 0.717) is 16.3 Å². The Morgan fingerprint density at radius 3 is 2.81 bits per heavy atom. The minimum Gasteiger partial charge on any atom is -0.487 e. The molecule has 32 heavy (non-hydrogen) atoms. The van der Waals surface area contributed by atoms with Gasteiger partial charge in [-0.05, 0) is 24.6 Å². The maximum absolute atomic E-state index is 14.3. The number of likely N-dealkylation sites (N-methyl/N-ethyl adjacent to an activating group) is 1. The second-order valence-electron chi connectivity index (χ2n) is 7.05. The predicted molar refractivity (Wildman–Crippen MR) is 112 cm³/mol. The number of hydrogen-bond acceptors (Lipinski definition) is 6. The smallest absolute Gasteiger partial charge is 0.289 e. The molecule has 1 aliphatic heterocycles. The SMILES string of the molecule is Cc1cc(F)cc(F)c1-c1ccnc(C(=O)NC2COc3cc(Cl)cnc3N(C)C2=O)n1. The molecule has 1 aliphatic rings. The van der Waals surface area contributed by atoms with E-state index >= 15 is 0 Å². The van der Waals surface area contributed by atoms with Crippen LogP contribution in [0, 0.1) is 18.6 Å². The molecule has 0 bridgehead atoms. The summed E-state index contributed by atoms with van der Waals surface area (Å²) in [7, 11) is 1.49. The van der Waals surface area contributed by atoms with Gasteiger partial charge in [-0.2, -0.15) is 0 Å². The van der Waals surface area contributed by atoms with Crippen LogP contribution >= 0.6 is 11.6 Å². The Balaban J connectivity index is 1.58. The first-order valence-electron chi connectivity index (χ1n) is 9.40. The lowest BCUT2D eigenvalue weighted by atomic mass is 10.0. The van der Waals surface area contributed by atoms with Crippen molar-refractivity contribution in [2.24, 2.45) is 0 Å². The third-order valence-corrected chi connectivity index (χ3v) is 5.03. The number of fused-ring (bicyclic) bond motifs is 1. The third kappa shape index (κ3) is 4.09. The number of nitrogens with one attached hydrogen (secondary N) is 1. The highest BCUT2D eigenvalue weighted by molar-refractivity contribution is 6.30. The van der Waals surface area contributed by atoms with Crippen LogP contribution in [-0.4, -0.2) is 46.5 Å². The van der Waals surface area contributed by atoms with Crippen molar-refractivity contribution in [3.05, 3.63) is 64.7 Å². The Hall–Kier alpha value is -3.66. The molecule has 0 radical (unpaired) electrons. The van der Waals surface area contributed by atoms with Gasteiger partial charge in [-0.3, -0.25) is 14.5 Å². The van der Waals surface area contributed by atoms with E-state index in [0.717, 1.165) is 12.1 Å². The molecule has 0 saturated carbocycles. The molecule has 2 amide bonds. The molecular weight excluding hydrogens is 444 g/mol. The highest BCUT2D eigenvalue weighted by Crippen LogP contribution is 2.30. The first-order chi connectivity index (χ1) is 15.2. The molecule has 3 heterocycles. The van der Waals surface area contributed by atoms with Crippen molar-refractivity contribution in [3.63, 3.8) is 0 Å². The first kappa shape index (κ1) is 21.6. The Morgan fingerprint density at radius 1 is 1.28 bits per heavy atom. The zero-order valence-corrected chi connectivity index (χ0v) is 17.7. The molecule has 164 valence electrons. The molecule has 4 rings (SSSR count). The minimum absolute atomic E-state index is 0.0508. The number of aryl methyl sites for hydroxylation is 1. The highest BCUT2D eigenvalue weighted by atomic mass is 35.5. The van der Waals surface area contributed by atoms with Crippen LogP contribution in [0.2, 0.25) is 5.02 Å². The van der Waals surface area contributed by atoms with E-state index in [4.69, 9.17) is 16.3 Å². The van der Waals surface area contributed by atoms with Gasteiger partial charge in [0.2, 0.25) is 5.82 Å². The average Bonchev–Trinajstić information content (AvgIpc) is 2.85. The summed E-state index contributed by atoms with van der Waals surface area (Å²) in [6.45, 7) is 1.36. The number of carbonyl (C=O) groups excluding carboxylic acids is 2. The van der Waals surface area contributed by atoms with Crippen molar-refractivity contribution in [2.45, 2.75) is 13.0 Å². The maximum Gasteiger partial charge on any atom is 0.289 e. The van der Waals surface area contributed by atoms with E-state index in [-0.39, 0.29) is 29.5 Å². The van der Waals surface area contributed by atoms with E-state index in [1.54, 1.807) is 0 Å². The van der Waals surface area contributed by atoms with E-state index in [9.17, 15) is 18.4 Å². The van der Waals surface area contributed by atoms with Crippen LogP contribution in [0.15, 0.2) is 36.7 Å². The van der Waals surface area contributed by atoms with Crippen molar-refractivity contribution in [3.8, 4) is 17.0 Å². The predicted octanol–water partition coefficient (Wildman–Crippen LogP) is 2.93. The van der Waals surface area contributed by atoms with Crippen LogP contribution in [0.1, 0.15) is 16.2 Å². The monoisotopic (exact) mass is 459 g/mol. The van der Waals surface area contributed by atoms with Gasteiger partial charge in [-0.25, -0.2) is 23.7 Å². The van der Waals surface area contributed by atoms with Crippen LogP contribution < -0.4 is 15.0 Å². The molecule has 2 aromatic heterocycles.